The van der Waals surface area contributed by atoms with E-state index >= 15 is 0 Å². The number of aromatic nitrogens is 5. The number of nitrogens with one attached hydrogen (secondary N) is 3. The van der Waals surface area contributed by atoms with Gasteiger partial charge in [-0.05, 0) is 55.0 Å². The molecule has 0 aliphatic rings. The summed E-state index contributed by atoms with van der Waals surface area (Å²) in [7, 11) is 0. The van der Waals surface area contributed by atoms with Gasteiger partial charge >= 0.3 is 5.69 Å². The van der Waals surface area contributed by atoms with E-state index in [2.05, 4.69) is 25.4 Å². The van der Waals surface area contributed by atoms with Crippen LogP contribution in [0.25, 0.3) is 5.95 Å². The van der Waals surface area contributed by atoms with E-state index in [0.717, 1.165) is 11.6 Å². The Morgan fingerprint density at radius 3 is 2.46 bits per heavy atom. The average molecular weight is 507 g/mol. The highest BCUT2D eigenvalue weighted by atomic mass is 16.5. The van der Waals surface area contributed by atoms with Crippen LogP contribution in [0, 0.1) is 5.41 Å². The van der Waals surface area contributed by atoms with Crippen molar-refractivity contribution in [1.82, 2.24) is 24.7 Å². The standard InChI is InChI=1S/C22H22N8O3.C2H4O2/c1-2-33-17-11-14(10-16(31)12-17)18(27-15-6-4-13(5-7-15)19(23)24)20-28-22(32)30(29-20)21-25-8-3-9-26-21;1-2(3)4/h3-12,18,27,31H,2H2,1H3,(H3,23,24)(H,28,29,32);1H3,(H,3,4)/t18-;/m0./s1. The number of rotatable bonds is 8. The van der Waals surface area contributed by atoms with E-state index in [1.54, 1.807) is 42.5 Å². The average Bonchev–Trinajstić information content (AvgIpc) is 3.24. The Labute approximate surface area is 211 Å². The van der Waals surface area contributed by atoms with Gasteiger partial charge < -0.3 is 26.0 Å². The number of aromatic amines is 1. The van der Waals surface area contributed by atoms with Crippen molar-refractivity contribution < 1.29 is 19.7 Å². The molecule has 13 heteroatoms. The predicted octanol–water partition coefficient (Wildman–Crippen LogP) is 2.03. The number of hydrogen-bond donors (Lipinski definition) is 6. The fourth-order valence-corrected chi connectivity index (χ4v) is 3.25. The SMILES string of the molecule is CC(=O)O.CCOc1cc(O)cc([C@H](Nc2ccc(C(=N)N)cc2)c2nn(-c3ncccn3)c(=O)[nH]2)c1. The molecule has 0 unspecified atom stereocenters. The maximum Gasteiger partial charge on any atom is 0.350 e. The van der Waals surface area contributed by atoms with E-state index in [9.17, 15) is 9.90 Å². The van der Waals surface area contributed by atoms with Crippen LogP contribution in [-0.2, 0) is 4.79 Å². The quantitative estimate of drug-likeness (QED) is 0.151. The van der Waals surface area contributed by atoms with Crippen LogP contribution in [0.3, 0.4) is 0 Å². The lowest BCUT2D eigenvalue weighted by atomic mass is 10.0. The van der Waals surface area contributed by atoms with Crippen LogP contribution < -0.4 is 21.5 Å². The summed E-state index contributed by atoms with van der Waals surface area (Å²) in [6, 6.07) is 12.7. The highest BCUT2D eigenvalue weighted by Gasteiger charge is 2.22. The zero-order valence-corrected chi connectivity index (χ0v) is 20.0. The van der Waals surface area contributed by atoms with Crippen LogP contribution in [0.15, 0.2) is 65.7 Å². The number of carboxylic acid groups (broad SMARTS) is 1. The Morgan fingerprint density at radius 2 is 1.86 bits per heavy atom. The summed E-state index contributed by atoms with van der Waals surface area (Å²) in [4.78, 5) is 32.5. The van der Waals surface area contributed by atoms with Crippen molar-refractivity contribution in [3.63, 3.8) is 0 Å². The van der Waals surface area contributed by atoms with Crippen molar-refractivity contribution in [3.05, 3.63) is 88.4 Å². The zero-order valence-electron chi connectivity index (χ0n) is 20.0. The Balaban J connectivity index is 0.000000886. The second kappa shape index (κ2) is 12.0. The third-order valence-electron chi connectivity index (χ3n) is 4.71. The first-order chi connectivity index (χ1) is 17.7. The van der Waals surface area contributed by atoms with E-state index in [1.165, 1.54) is 18.5 Å². The number of carbonyl (C=O) groups is 1. The van der Waals surface area contributed by atoms with E-state index in [1.807, 2.05) is 6.92 Å². The first kappa shape index (κ1) is 26.4. The lowest BCUT2D eigenvalue weighted by Crippen LogP contribution is -2.18. The number of aromatic hydroxyl groups is 1. The molecule has 192 valence electrons. The molecule has 2 heterocycles. The molecular weight excluding hydrogens is 480 g/mol. The van der Waals surface area contributed by atoms with Crippen LogP contribution >= 0.6 is 0 Å². The van der Waals surface area contributed by atoms with E-state index in [-0.39, 0.29) is 23.4 Å². The van der Waals surface area contributed by atoms with Crippen molar-refractivity contribution >= 4 is 17.5 Å². The molecule has 0 bridgehead atoms. The molecule has 7 N–H and O–H groups in total. The Kier molecular flexibility index (Phi) is 8.54. The van der Waals surface area contributed by atoms with Crippen LogP contribution in [0.1, 0.15) is 36.8 Å². The van der Waals surface area contributed by atoms with Crippen LogP contribution in [0.5, 0.6) is 11.5 Å². The largest absolute Gasteiger partial charge is 0.508 e. The summed E-state index contributed by atoms with van der Waals surface area (Å²) in [6.45, 7) is 3.35. The molecule has 0 aliphatic carbocycles. The molecule has 13 nitrogen and oxygen atoms in total. The molecule has 0 saturated heterocycles. The van der Waals surface area contributed by atoms with Crippen LogP contribution in [0.4, 0.5) is 5.69 Å². The molecule has 0 aliphatic heterocycles. The molecule has 0 spiro atoms. The lowest BCUT2D eigenvalue weighted by Gasteiger charge is -2.19. The number of nitrogens with zero attached hydrogens (tertiary/aromatic N) is 4. The van der Waals surface area contributed by atoms with Crippen molar-refractivity contribution in [2.24, 2.45) is 5.73 Å². The first-order valence-corrected chi connectivity index (χ1v) is 11.0. The van der Waals surface area contributed by atoms with Gasteiger partial charge in [-0.25, -0.2) is 14.8 Å². The minimum Gasteiger partial charge on any atom is -0.508 e. The minimum atomic E-state index is -0.833. The number of phenols is 1. The summed E-state index contributed by atoms with van der Waals surface area (Å²) in [5.74, 6) is -0.00255. The number of H-pyrrole nitrogens is 1. The lowest BCUT2D eigenvalue weighted by molar-refractivity contribution is -0.134. The first-order valence-electron chi connectivity index (χ1n) is 11.0. The van der Waals surface area contributed by atoms with Gasteiger partial charge in [0.1, 0.15) is 23.4 Å². The van der Waals surface area contributed by atoms with E-state index in [4.69, 9.17) is 25.8 Å². The number of phenolic OH excluding ortho intramolecular Hbond substituents is 1. The molecule has 1 atom stereocenters. The van der Waals surface area contributed by atoms with Crippen molar-refractivity contribution in [3.8, 4) is 17.4 Å². The number of carboxylic acids is 1. The summed E-state index contributed by atoms with van der Waals surface area (Å²) in [5, 5.41) is 32.9. The molecule has 4 rings (SSSR count). The number of nitrogen functional groups attached to an aromatic ring is 1. The van der Waals surface area contributed by atoms with E-state index < -0.39 is 17.7 Å². The number of anilines is 1. The third kappa shape index (κ3) is 7.14. The predicted molar refractivity (Wildman–Crippen MR) is 135 cm³/mol. The Bertz CT molecular complexity index is 1410. The minimum absolute atomic E-state index is 0.00264. The molecule has 0 radical (unpaired) electrons. The molecule has 0 fully saturated rings. The van der Waals surface area contributed by atoms with Gasteiger partial charge in [0.15, 0.2) is 5.82 Å². The molecule has 4 aromatic rings. The Morgan fingerprint density at radius 1 is 1.22 bits per heavy atom. The van der Waals surface area contributed by atoms with Gasteiger partial charge in [0.25, 0.3) is 11.9 Å². The molecular formula is C24H26N8O5. The van der Waals surface area contributed by atoms with Gasteiger partial charge in [0, 0.05) is 36.6 Å². The van der Waals surface area contributed by atoms with Crippen molar-refractivity contribution in [2.75, 3.05) is 11.9 Å². The van der Waals surface area contributed by atoms with Gasteiger partial charge in [-0.1, -0.05) is 0 Å². The second-order valence-corrected chi connectivity index (χ2v) is 7.56. The molecule has 0 saturated carbocycles. The van der Waals surface area contributed by atoms with Gasteiger partial charge in [-0.15, -0.1) is 9.78 Å². The van der Waals surface area contributed by atoms with E-state index in [0.29, 0.717) is 29.2 Å². The number of aliphatic carboxylic acids is 1. The number of hydrogen-bond acceptors (Lipinski definition) is 9. The highest BCUT2D eigenvalue weighted by molar-refractivity contribution is 5.95. The molecule has 37 heavy (non-hydrogen) atoms. The number of amidine groups is 1. The van der Waals surface area contributed by atoms with Gasteiger partial charge in [0.05, 0.1) is 6.61 Å². The van der Waals surface area contributed by atoms with Gasteiger partial charge in [0.2, 0.25) is 0 Å². The smallest absolute Gasteiger partial charge is 0.350 e. The van der Waals surface area contributed by atoms with Gasteiger partial charge in [-0.2, -0.15) is 0 Å². The van der Waals surface area contributed by atoms with Gasteiger partial charge in [-0.3, -0.25) is 15.2 Å². The van der Waals surface area contributed by atoms with Crippen LogP contribution in [0.2, 0.25) is 0 Å². The summed E-state index contributed by atoms with van der Waals surface area (Å²) >= 11 is 0. The fraction of sp³-hybridized carbons (Fsp3) is 0.167. The zero-order chi connectivity index (χ0) is 26.9. The molecule has 2 aromatic carbocycles. The summed E-state index contributed by atoms with van der Waals surface area (Å²) in [5.41, 5.74) is 6.88. The number of benzene rings is 2. The number of nitrogens with two attached hydrogens (primary N) is 1. The number of ether oxygens (including phenoxy) is 1. The Hall–Kier alpha value is -5.20. The fourth-order valence-electron chi connectivity index (χ4n) is 3.25. The van der Waals surface area contributed by atoms with Crippen LogP contribution in [-0.4, -0.2) is 53.4 Å². The topological polar surface area (TPSA) is 205 Å². The van der Waals surface area contributed by atoms with Crippen molar-refractivity contribution in [2.45, 2.75) is 19.9 Å². The normalized spacial score (nSPS) is 11.1. The monoisotopic (exact) mass is 506 g/mol. The molecule has 2 aromatic heterocycles. The maximum atomic E-state index is 12.6. The highest BCUT2D eigenvalue weighted by Crippen LogP contribution is 2.31. The second-order valence-electron chi connectivity index (χ2n) is 7.56. The third-order valence-corrected chi connectivity index (χ3v) is 4.71. The molecule has 0 amide bonds. The summed E-state index contributed by atoms with van der Waals surface area (Å²) < 4.78 is 6.63. The van der Waals surface area contributed by atoms with Crippen molar-refractivity contribution in [1.29, 1.82) is 5.41 Å². The summed E-state index contributed by atoms with van der Waals surface area (Å²) in [6.07, 6.45) is 3.03. The maximum absolute atomic E-state index is 12.6.